The number of nitriles is 1. The van der Waals surface area contributed by atoms with E-state index in [1.165, 1.54) is 5.56 Å². The third-order valence-corrected chi connectivity index (χ3v) is 5.97. The van der Waals surface area contributed by atoms with Crippen LogP contribution in [-0.4, -0.2) is 21.0 Å². The summed E-state index contributed by atoms with van der Waals surface area (Å²) in [6.07, 6.45) is 4.02. The fourth-order valence-corrected chi connectivity index (χ4v) is 4.53. The van der Waals surface area contributed by atoms with E-state index in [0.29, 0.717) is 0 Å². The summed E-state index contributed by atoms with van der Waals surface area (Å²) >= 11 is 0. The van der Waals surface area contributed by atoms with Crippen LogP contribution in [0.15, 0.2) is 30.3 Å². The van der Waals surface area contributed by atoms with Crippen LogP contribution in [0.2, 0.25) is 0 Å². The van der Waals surface area contributed by atoms with E-state index in [9.17, 15) is 10.4 Å². The molecule has 1 heterocycles. The van der Waals surface area contributed by atoms with Crippen LogP contribution in [-0.2, 0) is 17.5 Å². The number of hydrogen-bond acceptors (Lipinski definition) is 4. The van der Waals surface area contributed by atoms with E-state index in [1.54, 1.807) is 0 Å². The summed E-state index contributed by atoms with van der Waals surface area (Å²) in [7, 11) is 0. The molecule has 4 rings (SSSR count). The monoisotopic (exact) mass is 364 g/mol. The second-order valence-electron chi connectivity index (χ2n) is 9.00. The molecule has 1 aromatic carbocycles. The number of benzene rings is 1. The highest BCUT2D eigenvalue weighted by Gasteiger charge is 2.40. The van der Waals surface area contributed by atoms with Gasteiger partial charge in [0, 0.05) is 12.0 Å². The summed E-state index contributed by atoms with van der Waals surface area (Å²) < 4.78 is 2.01. The third kappa shape index (κ3) is 3.12. The maximum Gasteiger partial charge on any atom is 0.152 e. The number of aryl methyl sites for hydroxylation is 1. The van der Waals surface area contributed by atoms with Crippen molar-refractivity contribution in [3.63, 3.8) is 0 Å². The van der Waals surface area contributed by atoms with E-state index in [4.69, 9.17) is 5.10 Å². The number of aliphatic hydroxyl groups excluding tert-OH is 1. The Hall–Kier alpha value is -2.32. The van der Waals surface area contributed by atoms with Crippen molar-refractivity contribution in [2.45, 2.75) is 76.0 Å². The van der Waals surface area contributed by atoms with Gasteiger partial charge in [-0.2, -0.15) is 10.4 Å². The van der Waals surface area contributed by atoms with Gasteiger partial charge in [0.25, 0.3) is 0 Å². The van der Waals surface area contributed by atoms with E-state index >= 15 is 0 Å². The molecule has 27 heavy (non-hydrogen) atoms. The lowest BCUT2D eigenvalue weighted by Crippen LogP contribution is -2.34. The third-order valence-electron chi connectivity index (χ3n) is 5.97. The van der Waals surface area contributed by atoms with Crippen LogP contribution in [0.25, 0.3) is 0 Å². The average molecular weight is 364 g/mol. The summed E-state index contributed by atoms with van der Waals surface area (Å²) in [6.45, 7) is 6.38. The minimum Gasteiger partial charge on any atom is -0.393 e. The van der Waals surface area contributed by atoms with E-state index in [-0.39, 0.29) is 17.6 Å². The van der Waals surface area contributed by atoms with Gasteiger partial charge in [0.2, 0.25) is 0 Å². The van der Waals surface area contributed by atoms with E-state index < -0.39 is 5.54 Å². The van der Waals surface area contributed by atoms with Gasteiger partial charge < -0.3 is 10.4 Å². The van der Waals surface area contributed by atoms with Crippen LogP contribution in [0.5, 0.6) is 0 Å². The molecule has 0 spiro atoms. The highest BCUT2D eigenvalue weighted by molar-refractivity contribution is 5.53. The van der Waals surface area contributed by atoms with Crippen LogP contribution in [0.3, 0.4) is 0 Å². The minimum absolute atomic E-state index is 0.202. The molecular weight excluding hydrogens is 336 g/mol. The molecule has 0 aliphatic heterocycles. The van der Waals surface area contributed by atoms with Crippen molar-refractivity contribution in [2.75, 3.05) is 5.32 Å². The van der Waals surface area contributed by atoms with Gasteiger partial charge in [-0.15, -0.1) is 0 Å². The molecule has 2 aromatic rings. The molecule has 0 bridgehead atoms. The quantitative estimate of drug-likeness (QED) is 0.862. The van der Waals surface area contributed by atoms with E-state index in [2.05, 4.69) is 50.4 Å². The zero-order valence-electron chi connectivity index (χ0n) is 16.4. The molecule has 5 nitrogen and oxygen atoms in total. The lowest BCUT2D eigenvalue weighted by Gasteiger charge is -2.29. The van der Waals surface area contributed by atoms with E-state index in [0.717, 1.165) is 49.2 Å². The van der Waals surface area contributed by atoms with Gasteiger partial charge in [-0.05, 0) is 64.0 Å². The molecular formula is C22H28N4O. The Labute approximate surface area is 161 Å². The SMILES string of the molecule is CC(C)(C)n1nc([C@H]2CC[C@@H](O)C2)cc1NC1(C#N)CCc2ccccc21. The first-order valence-electron chi connectivity index (χ1n) is 9.89. The lowest BCUT2D eigenvalue weighted by molar-refractivity contribution is 0.181. The average Bonchev–Trinajstić information content (AvgIpc) is 3.33. The van der Waals surface area contributed by atoms with Gasteiger partial charge in [-0.3, -0.25) is 0 Å². The van der Waals surface area contributed by atoms with Gasteiger partial charge in [-0.1, -0.05) is 24.3 Å². The van der Waals surface area contributed by atoms with E-state index in [1.807, 2.05) is 16.8 Å². The molecule has 0 amide bonds. The number of hydrogen-bond donors (Lipinski definition) is 2. The van der Waals surface area contributed by atoms with Gasteiger partial charge in [0.15, 0.2) is 5.54 Å². The molecule has 1 fully saturated rings. The molecule has 2 N–H and O–H groups in total. The van der Waals surface area contributed by atoms with Crippen LogP contribution in [0.1, 0.15) is 69.2 Å². The second kappa shape index (κ2) is 6.38. The first kappa shape index (κ1) is 18.1. The number of aliphatic hydroxyl groups is 1. The minimum atomic E-state index is -0.716. The highest BCUT2D eigenvalue weighted by atomic mass is 16.3. The molecule has 3 atom stereocenters. The summed E-state index contributed by atoms with van der Waals surface area (Å²) in [5, 5.41) is 28.5. The maximum absolute atomic E-state index is 10.1. The van der Waals surface area contributed by atoms with Gasteiger partial charge in [0.1, 0.15) is 5.82 Å². The topological polar surface area (TPSA) is 73.9 Å². The zero-order valence-corrected chi connectivity index (χ0v) is 16.4. The lowest BCUT2D eigenvalue weighted by atomic mass is 9.93. The van der Waals surface area contributed by atoms with Crippen LogP contribution >= 0.6 is 0 Å². The Kier molecular flexibility index (Phi) is 4.27. The Morgan fingerprint density at radius 2 is 2.07 bits per heavy atom. The molecule has 2 aliphatic carbocycles. The highest BCUT2D eigenvalue weighted by Crippen LogP contribution is 2.41. The molecule has 2 aliphatic rings. The predicted molar refractivity (Wildman–Crippen MR) is 105 cm³/mol. The van der Waals surface area contributed by atoms with Gasteiger partial charge >= 0.3 is 0 Å². The van der Waals surface area contributed by atoms with Crippen molar-refractivity contribution in [1.29, 1.82) is 5.26 Å². The summed E-state index contributed by atoms with van der Waals surface area (Å²) in [5.74, 6) is 1.18. The number of nitrogens with one attached hydrogen (secondary N) is 1. The summed E-state index contributed by atoms with van der Waals surface area (Å²) in [4.78, 5) is 0. The van der Waals surface area contributed by atoms with Crippen molar-refractivity contribution in [2.24, 2.45) is 0 Å². The molecule has 1 saturated carbocycles. The van der Waals surface area contributed by atoms with Crippen molar-refractivity contribution in [1.82, 2.24) is 9.78 Å². The smallest absolute Gasteiger partial charge is 0.152 e. The zero-order chi connectivity index (χ0) is 19.2. The Morgan fingerprint density at radius 1 is 1.30 bits per heavy atom. The largest absolute Gasteiger partial charge is 0.393 e. The molecule has 1 unspecified atom stereocenters. The first-order chi connectivity index (χ1) is 12.8. The molecule has 5 heteroatoms. The fraction of sp³-hybridized carbons (Fsp3) is 0.545. The summed E-state index contributed by atoms with van der Waals surface area (Å²) in [5.41, 5.74) is 2.42. The summed E-state index contributed by atoms with van der Waals surface area (Å²) in [6, 6.07) is 12.9. The maximum atomic E-state index is 10.1. The van der Waals surface area contributed by atoms with Crippen LogP contribution < -0.4 is 5.32 Å². The Bertz CT molecular complexity index is 888. The van der Waals surface area contributed by atoms with Crippen molar-refractivity contribution < 1.29 is 5.11 Å². The number of aromatic nitrogens is 2. The Morgan fingerprint density at radius 3 is 2.74 bits per heavy atom. The standard InChI is InChI=1S/C22H28N4O/c1-21(2,3)26-20(13-19(25-26)16-8-9-17(27)12-16)24-22(14-23)11-10-15-6-4-5-7-18(15)22/h4-7,13,16-17,24,27H,8-12H2,1-3H3/t16-,17+,22?/m0/s1. The van der Waals surface area contributed by atoms with Crippen molar-refractivity contribution >= 4 is 5.82 Å². The number of anilines is 1. The number of rotatable bonds is 3. The first-order valence-corrected chi connectivity index (χ1v) is 9.89. The van der Waals surface area contributed by atoms with Gasteiger partial charge in [0.05, 0.1) is 23.4 Å². The van der Waals surface area contributed by atoms with Crippen LogP contribution in [0.4, 0.5) is 5.82 Å². The number of fused-ring (bicyclic) bond motifs is 1. The fourth-order valence-electron chi connectivity index (χ4n) is 4.53. The van der Waals surface area contributed by atoms with Gasteiger partial charge in [-0.25, -0.2) is 4.68 Å². The van der Waals surface area contributed by atoms with Crippen LogP contribution in [0, 0.1) is 11.3 Å². The molecule has 0 radical (unpaired) electrons. The normalized spacial score (nSPS) is 27.4. The van der Waals surface area contributed by atoms with Crippen molar-refractivity contribution in [3.8, 4) is 6.07 Å². The molecule has 1 aromatic heterocycles. The Balaban J connectivity index is 1.73. The molecule has 142 valence electrons. The predicted octanol–water partition coefficient (Wildman–Crippen LogP) is 4.04. The molecule has 0 saturated heterocycles. The van der Waals surface area contributed by atoms with Crippen molar-refractivity contribution in [3.05, 3.63) is 47.2 Å². The number of nitrogens with zero attached hydrogens (tertiary/aromatic N) is 3. The second-order valence-corrected chi connectivity index (χ2v) is 9.00.